The van der Waals surface area contributed by atoms with Gasteiger partial charge >= 0.3 is 0 Å². The Morgan fingerprint density at radius 2 is 1.69 bits per heavy atom. The van der Waals surface area contributed by atoms with E-state index in [2.05, 4.69) is 10.6 Å². The highest BCUT2D eigenvalue weighted by molar-refractivity contribution is 6.17. The average Bonchev–Trinajstić information content (AvgIpc) is 3.18. The van der Waals surface area contributed by atoms with Crippen LogP contribution in [0.4, 0.5) is 17.1 Å². The first-order valence-corrected chi connectivity index (χ1v) is 9.49. The van der Waals surface area contributed by atoms with E-state index in [0.717, 1.165) is 6.07 Å². The van der Waals surface area contributed by atoms with E-state index in [4.69, 9.17) is 9.15 Å². The molecule has 2 amide bonds. The van der Waals surface area contributed by atoms with Gasteiger partial charge in [-0.25, -0.2) is 0 Å². The highest BCUT2D eigenvalue weighted by Gasteiger charge is 2.24. The van der Waals surface area contributed by atoms with Crippen LogP contribution in [0.3, 0.4) is 0 Å². The lowest BCUT2D eigenvalue weighted by Gasteiger charge is -2.10. The smallest absolute Gasteiger partial charge is 0.293 e. The molecule has 0 unspecified atom stereocenters. The number of hydrogen-bond donors (Lipinski definition) is 2. The van der Waals surface area contributed by atoms with E-state index in [1.54, 1.807) is 48.5 Å². The molecular formula is C23H17N3O6. The summed E-state index contributed by atoms with van der Waals surface area (Å²) in [6.07, 6.45) is 0. The number of nitrogens with one attached hydrogen (secondary N) is 2. The summed E-state index contributed by atoms with van der Waals surface area (Å²) in [6.45, 7) is 0. The van der Waals surface area contributed by atoms with Crippen molar-refractivity contribution in [1.82, 2.24) is 0 Å². The Morgan fingerprint density at radius 1 is 0.938 bits per heavy atom. The fourth-order valence-electron chi connectivity index (χ4n) is 3.20. The van der Waals surface area contributed by atoms with Gasteiger partial charge in [0.2, 0.25) is 5.76 Å². The number of rotatable bonds is 6. The third-order valence-electron chi connectivity index (χ3n) is 4.71. The van der Waals surface area contributed by atoms with Crippen molar-refractivity contribution in [3.8, 4) is 5.75 Å². The Kier molecular flexibility index (Phi) is 5.54. The second kappa shape index (κ2) is 8.60. The summed E-state index contributed by atoms with van der Waals surface area (Å²) in [7, 11) is 1.48. The molecule has 0 radical (unpaired) electrons. The number of para-hydroxylation sites is 3. The first-order valence-electron chi connectivity index (χ1n) is 9.49. The zero-order valence-corrected chi connectivity index (χ0v) is 16.8. The Morgan fingerprint density at radius 3 is 2.47 bits per heavy atom. The number of methoxy groups -OCH3 is 1. The van der Waals surface area contributed by atoms with Crippen molar-refractivity contribution < 1.29 is 23.7 Å². The van der Waals surface area contributed by atoms with Crippen molar-refractivity contribution >= 4 is 39.8 Å². The maximum atomic E-state index is 13.0. The molecule has 9 nitrogen and oxygen atoms in total. The molecule has 3 aromatic carbocycles. The normalized spacial score (nSPS) is 10.5. The largest absolute Gasteiger partial charge is 0.495 e. The Balaban J connectivity index is 1.70. The van der Waals surface area contributed by atoms with Crippen molar-refractivity contribution in [2.24, 2.45) is 0 Å². The molecule has 160 valence electrons. The molecular weight excluding hydrogens is 414 g/mol. The van der Waals surface area contributed by atoms with Crippen molar-refractivity contribution in [3.63, 3.8) is 0 Å². The number of benzene rings is 3. The predicted molar refractivity (Wildman–Crippen MR) is 118 cm³/mol. The maximum Gasteiger partial charge on any atom is 0.293 e. The number of carbonyl (C=O) groups is 2. The number of hydrogen-bond acceptors (Lipinski definition) is 6. The molecule has 0 saturated carbocycles. The molecule has 2 N–H and O–H groups in total. The van der Waals surface area contributed by atoms with Crippen LogP contribution in [0.5, 0.6) is 5.75 Å². The summed E-state index contributed by atoms with van der Waals surface area (Å²) in [6, 6.07) is 19.0. The van der Waals surface area contributed by atoms with E-state index in [0.29, 0.717) is 22.4 Å². The fourth-order valence-corrected chi connectivity index (χ4v) is 3.20. The van der Waals surface area contributed by atoms with Crippen molar-refractivity contribution in [2.45, 2.75) is 0 Å². The van der Waals surface area contributed by atoms with Gasteiger partial charge in [-0.2, -0.15) is 0 Å². The van der Waals surface area contributed by atoms with Gasteiger partial charge in [-0.15, -0.1) is 0 Å². The van der Waals surface area contributed by atoms with Crippen molar-refractivity contribution in [2.75, 3.05) is 17.7 Å². The van der Waals surface area contributed by atoms with Crippen LogP contribution in [-0.2, 0) is 0 Å². The third kappa shape index (κ3) is 3.99. The fraction of sp³-hybridized carbons (Fsp3) is 0.0435. The molecule has 0 aliphatic carbocycles. The van der Waals surface area contributed by atoms with Crippen molar-refractivity contribution in [1.29, 1.82) is 0 Å². The van der Waals surface area contributed by atoms with Crippen LogP contribution < -0.4 is 15.4 Å². The SMILES string of the molecule is COc1ccccc1NC(=O)c1oc2ccccc2c1NC(=O)c1cccc([N+](=O)[O-])c1. The predicted octanol–water partition coefficient (Wildman–Crippen LogP) is 4.85. The second-order valence-electron chi connectivity index (χ2n) is 6.72. The van der Waals surface area contributed by atoms with E-state index in [9.17, 15) is 19.7 Å². The van der Waals surface area contributed by atoms with E-state index >= 15 is 0 Å². The molecule has 32 heavy (non-hydrogen) atoms. The topological polar surface area (TPSA) is 124 Å². The second-order valence-corrected chi connectivity index (χ2v) is 6.72. The lowest BCUT2D eigenvalue weighted by Crippen LogP contribution is -2.17. The number of anilines is 2. The van der Waals surface area contributed by atoms with Crippen LogP contribution in [0.25, 0.3) is 11.0 Å². The molecule has 0 bridgehead atoms. The minimum Gasteiger partial charge on any atom is -0.495 e. The maximum absolute atomic E-state index is 13.0. The molecule has 0 spiro atoms. The van der Waals surface area contributed by atoms with Crippen LogP contribution in [0, 0.1) is 10.1 Å². The molecule has 1 aromatic heterocycles. The number of nitro groups is 1. The number of furan rings is 1. The molecule has 0 aliphatic heterocycles. The first kappa shape index (κ1) is 20.6. The number of nitrogens with zero attached hydrogens (tertiary/aromatic N) is 1. The molecule has 4 rings (SSSR count). The van der Waals surface area contributed by atoms with Gasteiger partial charge in [-0.3, -0.25) is 19.7 Å². The molecule has 0 aliphatic rings. The van der Waals surface area contributed by atoms with E-state index < -0.39 is 16.7 Å². The number of fused-ring (bicyclic) bond motifs is 1. The molecule has 0 fully saturated rings. The van der Waals surface area contributed by atoms with Gasteiger partial charge in [0.1, 0.15) is 17.0 Å². The van der Waals surface area contributed by atoms with Crippen LogP contribution in [-0.4, -0.2) is 23.8 Å². The van der Waals surface area contributed by atoms with Gasteiger partial charge < -0.3 is 19.8 Å². The Hall–Kier alpha value is -4.66. The van der Waals surface area contributed by atoms with Gasteiger partial charge in [-0.1, -0.05) is 30.3 Å². The highest BCUT2D eigenvalue weighted by Crippen LogP contribution is 2.33. The molecule has 1 heterocycles. The Labute approximate surface area is 181 Å². The van der Waals surface area contributed by atoms with Crippen LogP contribution in [0.1, 0.15) is 20.9 Å². The monoisotopic (exact) mass is 431 g/mol. The molecule has 9 heteroatoms. The van der Waals surface area contributed by atoms with E-state index in [1.807, 2.05) is 0 Å². The molecule has 4 aromatic rings. The summed E-state index contributed by atoms with van der Waals surface area (Å²) in [5.41, 5.74) is 0.831. The van der Waals surface area contributed by atoms with Gasteiger partial charge in [-0.05, 0) is 30.3 Å². The van der Waals surface area contributed by atoms with Gasteiger partial charge in [0.05, 0.1) is 17.7 Å². The zero-order valence-electron chi connectivity index (χ0n) is 16.8. The van der Waals surface area contributed by atoms with Gasteiger partial charge in [0, 0.05) is 23.1 Å². The standard InChI is InChI=1S/C23H17N3O6/c1-31-19-12-5-3-10-17(19)24-23(28)21-20(16-9-2-4-11-18(16)32-21)25-22(27)14-7-6-8-15(13-14)26(29)30/h2-13H,1H3,(H,24,28)(H,25,27). The van der Waals surface area contributed by atoms with Crippen LogP contribution in [0.2, 0.25) is 0 Å². The van der Waals surface area contributed by atoms with Crippen LogP contribution in [0.15, 0.2) is 77.2 Å². The summed E-state index contributed by atoms with van der Waals surface area (Å²) < 4.78 is 11.0. The number of non-ortho nitro benzene ring substituents is 1. The number of carbonyl (C=O) groups excluding carboxylic acids is 2. The average molecular weight is 431 g/mol. The van der Waals surface area contributed by atoms with Gasteiger partial charge in [0.25, 0.3) is 17.5 Å². The van der Waals surface area contributed by atoms with Crippen LogP contribution >= 0.6 is 0 Å². The first-order chi connectivity index (χ1) is 15.5. The zero-order chi connectivity index (χ0) is 22.7. The quantitative estimate of drug-likeness (QED) is 0.332. The highest BCUT2D eigenvalue weighted by atomic mass is 16.6. The summed E-state index contributed by atoms with van der Waals surface area (Å²) in [5, 5.41) is 16.9. The van der Waals surface area contributed by atoms with E-state index in [1.165, 1.54) is 25.3 Å². The lowest BCUT2D eigenvalue weighted by atomic mass is 10.1. The lowest BCUT2D eigenvalue weighted by molar-refractivity contribution is -0.384. The minimum absolute atomic E-state index is 0.0700. The molecule has 0 atom stereocenters. The van der Waals surface area contributed by atoms with Gasteiger partial charge in [0.15, 0.2) is 0 Å². The third-order valence-corrected chi connectivity index (χ3v) is 4.71. The minimum atomic E-state index is -0.619. The summed E-state index contributed by atoms with van der Waals surface area (Å²) in [4.78, 5) is 36.3. The number of nitro benzene ring substituents is 1. The molecule has 0 saturated heterocycles. The Bertz CT molecular complexity index is 1340. The summed E-state index contributed by atoms with van der Waals surface area (Å²) in [5.74, 6) is -0.873. The number of ether oxygens (including phenoxy) is 1. The number of amides is 2. The van der Waals surface area contributed by atoms with E-state index in [-0.39, 0.29) is 22.7 Å². The van der Waals surface area contributed by atoms with Crippen molar-refractivity contribution in [3.05, 3.63) is 94.2 Å². The summed E-state index contributed by atoms with van der Waals surface area (Å²) >= 11 is 0.